The Hall–Kier alpha value is -3.06. The smallest absolute Gasteiger partial charge is 0.410 e. The summed E-state index contributed by atoms with van der Waals surface area (Å²) in [5, 5.41) is 0.529. The predicted molar refractivity (Wildman–Crippen MR) is 131 cm³/mol. The maximum absolute atomic E-state index is 12.5. The summed E-state index contributed by atoms with van der Waals surface area (Å²) in [6, 6.07) is 9.42. The number of H-pyrrole nitrogens is 1. The van der Waals surface area contributed by atoms with Crippen LogP contribution in [0.15, 0.2) is 42.7 Å². The fourth-order valence-corrected chi connectivity index (χ4v) is 3.70. The van der Waals surface area contributed by atoms with Crippen molar-refractivity contribution in [1.82, 2.24) is 19.9 Å². The molecule has 176 valence electrons. The minimum atomic E-state index is -0.560. The number of aromatic nitrogens is 3. The van der Waals surface area contributed by atoms with Crippen molar-refractivity contribution in [3.05, 3.63) is 53.6 Å². The molecular formula is C25H31ClN4O3. The maximum atomic E-state index is 12.5. The van der Waals surface area contributed by atoms with Crippen LogP contribution in [0.25, 0.3) is 22.5 Å². The quantitative estimate of drug-likeness (QED) is 0.481. The van der Waals surface area contributed by atoms with Gasteiger partial charge in [0, 0.05) is 42.5 Å². The van der Waals surface area contributed by atoms with Gasteiger partial charge in [-0.1, -0.05) is 31.5 Å². The highest BCUT2D eigenvalue weighted by molar-refractivity contribution is 6.32. The van der Waals surface area contributed by atoms with Gasteiger partial charge in [0.25, 0.3) is 0 Å². The zero-order chi connectivity index (χ0) is 24.4. The number of nitrogens with one attached hydrogen (secondary N) is 1. The summed E-state index contributed by atoms with van der Waals surface area (Å²) in [6.45, 7) is 10.0. The summed E-state index contributed by atoms with van der Waals surface area (Å²) in [6.07, 6.45) is 3.10. The standard InChI is InChI=1S/C25H31ClN4O3/c1-24(2,3)33-23(31)30(6)15-25(4,5)22-28-20(16-10-12-27-13-11-16)21(29-22)17-8-9-18(26)19(14-17)32-7/h8-14H,15H2,1-7H3,(H,28,29). The fourth-order valence-electron chi connectivity index (χ4n) is 3.51. The molecule has 8 heteroatoms. The van der Waals surface area contributed by atoms with E-state index in [4.69, 9.17) is 26.1 Å². The fraction of sp³-hybridized carbons (Fsp3) is 0.400. The third kappa shape index (κ3) is 5.85. The van der Waals surface area contributed by atoms with Crippen LogP contribution in [-0.2, 0) is 10.2 Å². The number of halogens is 1. The zero-order valence-electron chi connectivity index (χ0n) is 20.2. The van der Waals surface area contributed by atoms with Crippen molar-refractivity contribution in [3.63, 3.8) is 0 Å². The molecule has 7 nitrogen and oxygen atoms in total. The highest BCUT2D eigenvalue weighted by Gasteiger charge is 2.31. The largest absolute Gasteiger partial charge is 0.495 e. The molecule has 0 unspecified atom stereocenters. The molecule has 0 aliphatic heterocycles. The van der Waals surface area contributed by atoms with Gasteiger partial charge >= 0.3 is 6.09 Å². The van der Waals surface area contributed by atoms with Crippen LogP contribution < -0.4 is 4.74 Å². The minimum absolute atomic E-state index is 0.376. The van der Waals surface area contributed by atoms with Crippen LogP contribution in [-0.4, -0.2) is 52.2 Å². The number of amides is 1. The van der Waals surface area contributed by atoms with Gasteiger partial charge in [0.05, 0.1) is 23.5 Å². The molecule has 33 heavy (non-hydrogen) atoms. The molecule has 0 bridgehead atoms. The van der Waals surface area contributed by atoms with Crippen molar-refractivity contribution in [1.29, 1.82) is 0 Å². The number of hydrogen-bond donors (Lipinski definition) is 1. The van der Waals surface area contributed by atoms with Gasteiger partial charge in [-0.3, -0.25) is 4.98 Å². The average Bonchev–Trinajstić information content (AvgIpc) is 3.20. The van der Waals surface area contributed by atoms with Gasteiger partial charge < -0.3 is 19.4 Å². The maximum Gasteiger partial charge on any atom is 0.410 e. The lowest BCUT2D eigenvalue weighted by Crippen LogP contribution is -2.41. The third-order valence-electron chi connectivity index (χ3n) is 5.08. The van der Waals surface area contributed by atoms with Gasteiger partial charge in [0.2, 0.25) is 0 Å². The Bertz CT molecular complexity index is 1120. The van der Waals surface area contributed by atoms with Crippen molar-refractivity contribution < 1.29 is 14.3 Å². The Balaban J connectivity index is 2.02. The highest BCUT2D eigenvalue weighted by Crippen LogP contribution is 2.37. The molecule has 3 aromatic rings. The van der Waals surface area contributed by atoms with E-state index in [2.05, 4.69) is 9.97 Å². The first kappa shape index (κ1) is 24.6. The number of nitrogens with zero attached hydrogens (tertiary/aromatic N) is 3. The number of aromatic amines is 1. The average molecular weight is 471 g/mol. The number of imidazole rings is 1. The first-order chi connectivity index (χ1) is 15.4. The number of likely N-dealkylation sites (N-methyl/N-ethyl adjacent to an activating group) is 1. The summed E-state index contributed by atoms with van der Waals surface area (Å²) in [5.74, 6) is 1.32. The molecule has 0 aliphatic carbocycles. The molecule has 1 amide bonds. The van der Waals surface area contributed by atoms with Gasteiger partial charge in [-0.2, -0.15) is 0 Å². The van der Waals surface area contributed by atoms with Crippen LogP contribution in [0.3, 0.4) is 0 Å². The lowest BCUT2D eigenvalue weighted by molar-refractivity contribution is 0.0266. The number of ether oxygens (including phenoxy) is 2. The van der Waals surface area contributed by atoms with Crippen molar-refractivity contribution in [3.8, 4) is 28.3 Å². The summed E-state index contributed by atoms with van der Waals surface area (Å²) in [4.78, 5) is 26.7. The number of pyridine rings is 1. The summed E-state index contributed by atoms with van der Waals surface area (Å²) >= 11 is 6.24. The number of methoxy groups -OCH3 is 1. The number of carbonyl (C=O) groups is 1. The van der Waals surface area contributed by atoms with E-state index in [0.29, 0.717) is 17.3 Å². The summed E-state index contributed by atoms with van der Waals surface area (Å²) < 4.78 is 10.9. The van der Waals surface area contributed by atoms with Crippen LogP contribution in [0.4, 0.5) is 4.79 Å². The van der Waals surface area contributed by atoms with Crippen molar-refractivity contribution in [2.24, 2.45) is 0 Å². The first-order valence-electron chi connectivity index (χ1n) is 10.7. The van der Waals surface area contributed by atoms with Crippen LogP contribution in [0.1, 0.15) is 40.4 Å². The van der Waals surface area contributed by atoms with Crippen LogP contribution in [0, 0.1) is 0 Å². The number of rotatable bonds is 6. The lowest BCUT2D eigenvalue weighted by Gasteiger charge is -2.30. The van der Waals surface area contributed by atoms with Crippen LogP contribution in [0.2, 0.25) is 5.02 Å². The first-order valence-corrected chi connectivity index (χ1v) is 11.1. The molecule has 3 rings (SSSR count). The third-order valence-corrected chi connectivity index (χ3v) is 5.39. The van der Waals surface area contributed by atoms with E-state index in [9.17, 15) is 4.79 Å². The molecule has 0 atom stereocenters. The predicted octanol–water partition coefficient (Wildman–Crippen LogP) is 5.95. The normalized spacial score (nSPS) is 11.9. The van der Waals surface area contributed by atoms with E-state index in [1.807, 2.05) is 58.9 Å². The number of hydrogen-bond acceptors (Lipinski definition) is 5. The lowest BCUT2D eigenvalue weighted by atomic mass is 9.92. The topological polar surface area (TPSA) is 80.3 Å². The second kappa shape index (κ2) is 9.43. The van der Waals surface area contributed by atoms with Crippen molar-refractivity contribution >= 4 is 17.7 Å². The summed E-state index contributed by atoms with van der Waals surface area (Å²) in [5.41, 5.74) is 2.38. The van der Waals surface area contributed by atoms with Crippen molar-refractivity contribution in [2.45, 2.75) is 45.6 Å². The molecular weight excluding hydrogens is 440 g/mol. The Labute approximate surface area is 200 Å². The van der Waals surface area contributed by atoms with Crippen LogP contribution in [0.5, 0.6) is 5.75 Å². The number of carbonyl (C=O) groups excluding carboxylic acids is 1. The Morgan fingerprint density at radius 2 is 1.76 bits per heavy atom. The monoisotopic (exact) mass is 470 g/mol. The molecule has 0 saturated heterocycles. The van der Waals surface area contributed by atoms with Crippen LogP contribution >= 0.6 is 11.6 Å². The number of benzene rings is 1. The molecule has 2 aromatic heterocycles. The molecule has 0 aliphatic rings. The zero-order valence-corrected chi connectivity index (χ0v) is 20.9. The molecule has 0 saturated carbocycles. The van der Waals surface area contributed by atoms with E-state index in [-0.39, 0.29) is 6.09 Å². The second-order valence-corrected chi connectivity index (χ2v) is 10.0. The Morgan fingerprint density at radius 3 is 2.36 bits per heavy atom. The molecule has 0 radical (unpaired) electrons. The van der Waals surface area contributed by atoms with E-state index >= 15 is 0 Å². The van der Waals surface area contributed by atoms with Gasteiger partial charge in [-0.05, 0) is 45.0 Å². The van der Waals surface area contributed by atoms with Gasteiger partial charge in [0.1, 0.15) is 17.2 Å². The highest BCUT2D eigenvalue weighted by atomic mass is 35.5. The van der Waals surface area contributed by atoms with E-state index in [1.54, 1.807) is 37.5 Å². The second-order valence-electron chi connectivity index (χ2n) is 9.61. The molecule has 1 N–H and O–H groups in total. The van der Waals surface area contributed by atoms with E-state index in [0.717, 1.165) is 28.3 Å². The molecule has 0 spiro atoms. The van der Waals surface area contributed by atoms with Gasteiger partial charge in [-0.15, -0.1) is 0 Å². The van der Waals surface area contributed by atoms with Gasteiger partial charge in [-0.25, -0.2) is 9.78 Å². The van der Waals surface area contributed by atoms with Gasteiger partial charge in [0.15, 0.2) is 0 Å². The molecule has 2 heterocycles. The minimum Gasteiger partial charge on any atom is -0.495 e. The Kier molecular flexibility index (Phi) is 7.03. The van der Waals surface area contributed by atoms with E-state index < -0.39 is 11.0 Å². The SMILES string of the molecule is COc1cc(-c2nc(C(C)(C)CN(C)C(=O)OC(C)(C)C)[nH]c2-c2ccncc2)ccc1Cl. The van der Waals surface area contributed by atoms with Crippen molar-refractivity contribution in [2.75, 3.05) is 20.7 Å². The van der Waals surface area contributed by atoms with E-state index in [1.165, 1.54) is 0 Å². The molecule has 0 fully saturated rings. The summed E-state index contributed by atoms with van der Waals surface area (Å²) in [7, 11) is 3.31. The molecule has 1 aromatic carbocycles. The Morgan fingerprint density at radius 1 is 1.09 bits per heavy atom.